The Morgan fingerprint density at radius 2 is 2.25 bits per heavy atom. The molecule has 0 saturated heterocycles. The molecule has 0 spiro atoms. The van der Waals surface area contributed by atoms with Crippen molar-refractivity contribution in [1.82, 2.24) is 0 Å². The number of hydrogen-bond acceptors (Lipinski definition) is 4. The Kier molecular flexibility index (Phi) is 3.74. The highest BCUT2D eigenvalue weighted by molar-refractivity contribution is 8.15. The number of nitrogens with zero attached hydrogens (tertiary/aromatic N) is 1. The second-order valence-electron chi connectivity index (χ2n) is 2.35. The Morgan fingerprint density at radius 1 is 1.83 bits per heavy atom. The summed E-state index contributed by atoms with van der Waals surface area (Å²) in [6.45, 7) is 0.979. The SMILES string of the molecule is [B]C(OC)C(C)(O)S([B])(=O)=NF. The van der Waals surface area contributed by atoms with E-state index in [1.54, 1.807) is 0 Å². The van der Waals surface area contributed by atoms with Crippen LogP contribution in [0.25, 0.3) is 0 Å². The molecule has 4 radical (unpaired) electrons. The molecule has 0 amide bonds. The van der Waals surface area contributed by atoms with Gasteiger partial charge in [-0.25, -0.2) is 0 Å². The largest absolute Gasteiger partial charge is 0.387 e. The zero-order valence-corrected chi connectivity index (χ0v) is 7.55. The Morgan fingerprint density at radius 3 is 2.50 bits per heavy atom. The summed E-state index contributed by atoms with van der Waals surface area (Å²) < 4.78 is 29.0. The van der Waals surface area contributed by atoms with Crippen molar-refractivity contribution in [1.29, 1.82) is 0 Å². The fourth-order valence-corrected chi connectivity index (χ4v) is 1.02. The maximum atomic E-state index is 11.7. The van der Waals surface area contributed by atoms with Gasteiger partial charge in [0, 0.05) is 7.11 Å². The molecule has 0 aromatic carbocycles. The van der Waals surface area contributed by atoms with E-state index in [-0.39, 0.29) is 0 Å². The predicted octanol–water partition coefficient (Wildman–Crippen LogP) is -0.728. The van der Waals surface area contributed by atoms with Gasteiger partial charge >= 0.3 is 0 Å². The molecule has 12 heavy (non-hydrogen) atoms. The van der Waals surface area contributed by atoms with Gasteiger partial charge in [0.1, 0.15) is 7.85 Å². The summed E-state index contributed by atoms with van der Waals surface area (Å²) in [6, 6.07) is -1.37. The molecule has 0 aliphatic carbocycles. The van der Waals surface area contributed by atoms with E-state index >= 15 is 0 Å². The lowest BCUT2D eigenvalue weighted by atomic mass is 9.95. The van der Waals surface area contributed by atoms with Crippen LogP contribution in [-0.2, 0) is 14.3 Å². The van der Waals surface area contributed by atoms with Gasteiger partial charge in [-0.15, -0.1) is 0 Å². The molecule has 0 bridgehead atoms. The quantitative estimate of drug-likeness (QED) is 0.598. The molecule has 66 valence electrons. The lowest BCUT2D eigenvalue weighted by molar-refractivity contribution is 0.0204. The van der Waals surface area contributed by atoms with E-state index < -0.39 is 20.5 Å². The normalized spacial score (nSPS) is 23.7. The van der Waals surface area contributed by atoms with Crippen LogP contribution in [0.5, 0.6) is 0 Å². The van der Waals surface area contributed by atoms with Gasteiger partial charge < -0.3 is 9.84 Å². The van der Waals surface area contributed by atoms with Crippen molar-refractivity contribution in [2.24, 2.45) is 4.58 Å². The minimum absolute atomic E-state index is 0.979. The molecule has 0 saturated carbocycles. The maximum Gasteiger partial charge on any atom is 0.233 e. The van der Waals surface area contributed by atoms with Crippen LogP contribution < -0.4 is 0 Å². The third-order valence-corrected chi connectivity index (χ3v) is 3.10. The molecule has 4 nitrogen and oxygen atoms in total. The first-order chi connectivity index (χ1) is 5.29. The van der Waals surface area contributed by atoms with Crippen molar-refractivity contribution in [3.63, 3.8) is 0 Å². The molecule has 0 aromatic rings. The second-order valence-corrected chi connectivity index (χ2v) is 4.45. The van der Waals surface area contributed by atoms with Gasteiger partial charge in [0.2, 0.25) is 7.12 Å². The van der Waals surface area contributed by atoms with Crippen molar-refractivity contribution in [3.05, 3.63) is 0 Å². The van der Waals surface area contributed by atoms with Gasteiger partial charge in [-0.3, -0.25) is 4.21 Å². The van der Waals surface area contributed by atoms with Crippen molar-refractivity contribution < 1.29 is 18.5 Å². The van der Waals surface area contributed by atoms with Crippen LogP contribution in [-0.4, -0.2) is 42.3 Å². The molecular weight excluding hydrogens is 183 g/mol. The van der Waals surface area contributed by atoms with Crippen LogP contribution in [0, 0.1) is 0 Å². The summed E-state index contributed by atoms with van der Waals surface area (Å²) in [7, 11) is 7.27. The fourth-order valence-electron chi connectivity index (χ4n) is 0.455. The van der Waals surface area contributed by atoms with Crippen LogP contribution >= 0.6 is 0 Å². The van der Waals surface area contributed by atoms with Crippen LogP contribution in [0.15, 0.2) is 4.58 Å². The average Bonchev–Trinajstić information content (AvgIpc) is 2.02. The third kappa shape index (κ3) is 1.99. The van der Waals surface area contributed by atoms with Crippen molar-refractivity contribution in [3.8, 4) is 0 Å². The van der Waals surface area contributed by atoms with Gasteiger partial charge in [0.15, 0.2) is 4.93 Å². The van der Waals surface area contributed by atoms with Gasteiger partial charge in [0.25, 0.3) is 0 Å². The van der Waals surface area contributed by atoms with E-state index in [2.05, 4.69) is 4.74 Å². The molecule has 3 unspecified atom stereocenters. The van der Waals surface area contributed by atoms with Crippen molar-refractivity contribution >= 4 is 24.6 Å². The Balaban J connectivity index is 4.99. The molecule has 0 heterocycles. The molecule has 8 heteroatoms. The van der Waals surface area contributed by atoms with Crippen molar-refractivity contribution in [2.75, 3.05) is 7.11 Å². The van der Waals surface area contributed by atoms with E-state index in [1.807, 2.05) is 4.58 Å². The summed E-state index contributed by atoms with van der Waals surface area (Å²) in [5, 5.41) is 9.33. The molecule has 0 rings (SSSR count). The molecule has 0 aliphatic heterocycles. The Bertz CT molecular complexity index is 263. The standard InChI is InChI=1S/C4H8B2FNO3S/c1-4(9,3(5)11-2)12(6,10)8-7/h3,9H,1-2H3. The van der Waals surface area contributed by atoms with Gasteiger partial charge in [-0.2, -0.15) is 0 Å². The van der Waals surface area contributed by atoms with Crippen LogP contribution in [0.1, 0.15) is 6.92 Å². The first-order valence-corrected chi connectivity index (χ1v) is 4.53. The maximum absolute atomic E-state index is 11.7. The number of methoxy groups -OCH3 is 1. The first-order valence-electron chi connectivity index (χ1n) is 2.95. The Hall–Kier alpha value is -0.0701. The fraction of sp³-hybridized carbons (Fsp3) is 1.00. The highest BCUT2D eigenvalue weighted by atomic mass is 32.2. The van der Waals surface area contributed by atoms with E-state index in [9.17, 15) is 13.8 Å². The van der Waals surface area contributed by atoms with E-state index in [0.29, 0.717) is 0 Å². The highest BCUT2D eigenvalue weighted by Crippen LogP contribution is 2.19. The van der Waals surface area contributed by atoms with Crippen LogP contribution in [0.2, 0.25) is 0 Å². The molecule has 0 fully saturated rings. The van der Waals surface area contributed by atoms with Crippen molar-refractivity contribution in [2.45, 2.75) is 17.9 Å². The van der Waals surface area contributed by atoms with Crippen LogP contribution in [0.3, 0.4) is 0 Å². The lowest BCUT2D eigenvalue weighted by Gasteiger charge is -2.30. The predicted molar refractivity (Wildman–Crippen MR) is 44.6 cm³/mol. The minimum Gasteiger partial charge on any atom is -0.387 e. The zero-order chi connectivity index (χ0) is 9.99. The smallest absolute Gasteiger partial charge is 0.233 e. The first kappa shape index (κ1) is 11.9. The molecule has 0 aromatic heterocycles. The number of rotatable bonds is 3. The summed E-state index contributed by atoms with van der Waals surface area (Å²) in [5.74, 6) is 0. The van der Waals surface area contributed by atoms with E-state index in [0.717, 1.165) is 14.0 Å². The topological polar surface area (TPSA) is 58.9 Å². The monoisotopic (exact) mass is 191 g/mol. The molecular formula is C4H8B2FNO3S. The van der Waals surface area contributed by atoms with Crippen LogP contribution in [0.4, 0.5) is 4.48 Å². The average molecular weight is 191 g/mol. The van der Waals surface area contributed by atoms with Gasteiger partial charge in [-0.05, 0) is 11.5 Å². The molecule has 3 atom stereocenters. The number of aliphatic hydroxyl groups is 1. The summed E-state index contributed by atoms with van der Waals surface area (Å²) in [4.78, 5) is -2.23. The summed E-state index contributed by atoms with van der Waals surface area (Å²) in [6.07, 6.45) is 0. The second kappa shape index (κ2) is 3.76. The molecule has 0 aliphatic rings. The number of ether oxygens (including phenoxy) is 1. The third-order valence-electron chi connectivity index (χ3n) is 1.48. The lowest BCUT2D eigenvalue weighted by Crippen LogP contribution is -2.47. The van der Waals surface area contributed by atoms with E-state index in [1.165, 1.54) is 0 Å². The number of halogens is 1. The van der Waals surface area contributed by atoms with Gasteiger partial charge in [0.05, 0.1) is 15.6 Å². The Labute approximate surface area is 73.3 Å². The van der Waals surface area contributed by atoms with E-state index in [4.69, 9.17) is 15.0 Å². The summed E-state index contributed by atoms with van der Waals surface area (Å²) in [5.41, 5.74) is 0. The number of hydrogen-bond donors (Lipinski definition) is 1. The minimum atomic E-state index is -3.90. The summed E-state index contributed by atoms with van der Waals surface area (Å²) >= 11 is 0. The molecule has 1 N–H and O–H groups in total. The van der Waals surface area contributed by atoms with Gasteiger partial charge in [-0.1, -0.05) is 4.48 Å². The zero-order valence-electron chi connectivity index (χ0n) is 6.73. The highest BCUT2D eigenvalue weighted by Gasteiger charge is 2.36.